The third-order valence-corrected chi connectivity index (χ3v) is 2.98. The van der Waals surface area contributed by atoms with Gasteiger partial charge in [-0.15, -0.1) is 0 Å². The van der Waals surface area contributed by atoms with Crippen LogP contribution in [0.2, 0.25) is 0 Å². The smallest absolute Gasteiger partial charge is 0.366 e. The number of rotatable bonds is 3. The number of carbonyl (C=O) groups is 1. The molecule has 0 saturated heterocycles. The summed E-state index contributed by atoms with van der Waals surface area (Å²) in [5.41, 5.74) is 11.7. The molecule has 2 aromatic rings. The first-order valence-electron chi connectivity index (χ1n) is 5.99. The highest BCUT2D eigenvalue weighted by Gasteiger charge is 2.32. The van der Waals surface area contributed by atoms with Gasteiger partial charge < -0.3 is 11.5 Å². The molecule has 0 bridgehead atoms. The van der Waals surface area contributed by atoms with Crippen molar-refractivity contribution in [3.63, 3.8) is 0 Å². The van der Waals surface area contributed by atoms with Crippen LogP contribution in [0.5, 0.6) is 0 Å². The first-order valence-corrected chi connectivity index (χ1v) is 5.99. The van der Waals surface area contributed by atoms with E-state index >= 15 is 0 Å². The lowest BCUT2D eigenvalue weighted by atomic mass is 9.99. The molecular weight excluding hydrogens is 283 g/mol. The summed E-state index contributed by atoms with van der Waals surface area (Å²) in [5, 5.41) is 0. The van der Waals surface area contributed by atoms with Crippen LogP contribution < -0.4 is 11.5 Å². The van der Waals surface area contributed by atoms with Gasteiger partial charge in [0.1, 0.15) is 5.69 Å². The minimum Gasteiger partial charge on any atom is -0.366 e. The van der Waals surface area contributed by atoms with Gasteiger partial charge in [-0.25, -0.2) is 0 Å². The summed E-state index contributed by atoms with van der Waals surface area (Å²) in [6.07, 6.45) is -3.35. The van der Waals surface area contributed by atoms with Crippen LogP contribution >= 0.6 is 0 Å². The van der Waals surface area contributed by atoms with E-state index in [2.05, 4.69) is 4.98 Å². The molecule has 4 N–H and O–H groups in total. The molecular formula is C14H12F3N3O. The quantitative estimate of drug-likeness (QED) is 0.911. The Kier molecular flexibility index (Phi) is 3.95. The van der Waals surface area contributed by atoms with Gasteiger partial charge >= 0.3 is 6.18 Å². The molecule has 0 spiro atoms. The molecule has 0 atom stereocenters. The fraction of sp³-hybridized carbons (Fsp3) is 0.143. The van der Waals surface area contributed by atoms with Crippen molar-refractivity contribution < 1.29 is 18.0 Å². The van der Waals surface area contributed by atoms with E-state index in [-0.39, 0.29) is 6.54 Å². The third-order valence-electron chi connectivity index (χ3n) is 2.98. The van der Waals surface area contributed by atoms with Gasteiger partial charge in [-0.3, -0.25) is 9.78 Å². The number of primary amides is 1. The predicted octanol–water partition coefficient (Wildman–Crippen LogP) is 2.32. The van der Waals surface area contributed by atoms with E-state index < -0.39 is 17.8 Å². The first kappa shape index (κ1) is 15.0. The standard InChI is InChI=1S/C14H12F3N3O/c15-14(16,17)12-4-2-9(7-20-12)8-1-3-11(13(19)21)10(5-8)6-18/h1-5,7H,6,18H2,(H2,19,21). The molecule has 4 nitrogen and oxygen atoms in total. The van der Waals surface area contributed by atoms with Gasteiger partial charge in [-0.05, 0) is 29.3 Å². The van der Waals surface area contributed by atoms with Crippen LogP contribution in [-0.2, 0) is 12.7 Å². The molecule has 0 radical (unpaired) electrons. The number of halogens is 3. The average molecular weight is 295 g/mol. The summed E-state index contributed by atoms with van der Waals surface area (Å²) >= 11 is 0. The highest BCUT2D eigenvalue weighted by atomic mass is 19.4. The summed E-state index contributed by atoms with van der Waals surface area (Å²) < 4.78 is 37.4. The molecule has 2 rings (SSSR count). The highest BCUT2D eigenvalue weighted by molar-refractivity contribution is 5.95. The number of carbonyl (C=O) groups excluding carboxylic acids is 1. The van der Waals surface area contributed by atoms with Crippen LogP contribution in [0.15, 0.2) is 36.5 Å². The van der Waals surface area contributed by atoms with Crippen LogP contribution in [0, 0.1) is 0 Å². The van der Waals surface area contributed by atoms with Crippen LogP contribution in [-0.4, -0.2) is 10.9 Å². The lowest BCUT2D eigenvalue weighted by Gasteiger charge is -2.09. The maximum absolute atomic E-state index is 12.5. The number of amides is 1. The van der Waals surface area contributed by atoms with Crippen molar-refractivity contribution >= 4 is 5.91 Å². The van der Waals surface area contributed by atoms with E-state index in [0.29, 0.717) is 22.3 Å². The molecule has 0 aliphatic rings. The van der Waals surface area contributed by atoms with Crippen molar-refractivity contribution in [2.45, 2.75) is 12.7 Å². The zero-order valence-electron chi connectivity index (χ0n) is 10.8. The van der Waals surface area contributed by atoms with Crippen LogP contribution in [0.1, 0.15) is 21.6 Å². The van der Waals surface area contributed by atoms with E-state index in [0.717, 1.165) is 12.3 Å². The number of nitrogens with two attached hydrogens (primary N) is 2. The minimum absolute atomic E-state index is 0.0974. The number of aromatic nitrogens is 1. The minimum atomic E-state index is -4.48. The van der Waals surface area contributed by atoms with E-state index in [1.807, 2.05) is 0 Å². The topological polar surface area (TPSA) is 82.0 Å². The van der Waals surface area contributed by atoms with Gasteiger partial charge in [-0.1, -0.05) is 12.1 Å². The molecule has 110 valence electrons. The Morgan fingerprint density at radius 1 is 1.14 bits per heavy atom. The zero-order chi connectivity index (χ0) is 15.6. The monoisotopic (exact) mass is 295 g/mol. The maximum atomic E-state index is 12.5. The fourth-order valence-corrected chi connectivity index (χ4v) is 1.91. The third kappa shape index (κ3) is 3.19. The molecule has 1 heterocycles. The van der Waals surface area contributed by atoms with Crippen molar-refractivity contribution in [3.8, 4) is 11.1 Å². The van der Waals surface area contributed by atoms with Gasteiger partial charge in [-0.2, -0.15) is 13.2 Å². The van der Waals surface area contributed by atoms with Crippen molar-refractivity contribution in [2.75, 3.05) is 0 Å². The summed E-state index contributed by atoms with van der Waals surface area (Å²) in [4.78, 5) is 14.6. The number of nitrogens with zero attached hydrogens (tertiary/aromatic N) is 1. The molecule has 21 heavy (non-hydrogen) atoms. The van der Waals surface area contributed by atoms with Crippen molar-refractivity contribution in [1.82, 2.24) is 4.98 Å². The maximum Gasteiger partial charge on any atom is 0.433 e. The van der Waals surface area contributed by atoms with E-state index in [9.17, 15) is 18.0 Å². The Bertz CT molecular complexity index is 666. The SMILES string of the molecule is NCc1cc(-c2ccc(C(F)(F)F)nc2)ccc1C(N)=O. The van der Waals surface area contributed by atoms with Gasteiger partial charge in [0, 0.05) is 23.9 Å². The fourth-order valence-electron chi connectivity index (χ4n) is 1.91. The van der Waals surface area contributed by atoms with E-state index in [4.69, 9.17) is 11.5 Å². The molecule has 1 aromatic carbocycles. The van der Waals surface area contributed by atoms with E-state index in [1.54, 1.807) is 12.1 Å². The zero-order valence-corrected chi connectivity index (χ0v) is 10.8. The molecule has 0 fully saturated rings. The normalized spacial score (nSPS) is 11.4. The predicted molar refractivity (Wildman–Crippen MR) is 71.1 cm³/mol. The van der Waals surface area contributed by atoms with E-state index in [1.165, 1.54) is 12.1 Å². The average Bonchev–Trinajstić information content (AvgIpc) is 2.45. The lowest BCUT2D eigenvalue weighted by Crippen LogP contribution is -2.15. The Labute approximate surface area is 118 Å². The largest absolute Gasteiger partial charge is 0.433 e. The van der Waals surface area contributed by atoms with Crippen LogP contribution in [0.4, 0.5) is 13.2 Å². The summed E-state index contributed by atoms with van der Waals surface area (Å²) in [5.74, 6) is -0.604. The summed E-state index contributed by atoms with van der Waals surface area (Å²) in [7, 11) is 0. The Hall–Kier alpha value is -2.41. The number of pyridine rings is 1. The molecule has 0 unspecified atom stereocenters. The summed E-state index contributed by atoms with van der Waals surface area (Å²) in [6, 6.07) is 6.92. The Morgan fingerprint density at radius 2 is 1.81 bits per heavy atom. The second-order valence-corrected chi connectivity index (χ2v) is 4.37. The molecule has 0 aliphatic heterocycles. The number of hydrogen-bond donors (Lipinski definition) is 2. The van der Waals surface area contributed by atoms with Crippen molar-refractivity contribution in [2.24, 2.45) is 11.5 Å². The number of hydrogen-bond acceptors (Lipinski definition) is 3. The van der Waals surface area contributed by atoms with Crippen molar-refractivity contribution in [1.29, 1.82) is 0 Å². The Balaban J connectivity index is 2.41. The van der Waals surface area contributed by atoms with Gasteiger partial charge in [0.15, 0.2) is 0 Å². The Morgan fingerprint density at radius 3 is 2.29 bits per heavy atom. The molecule has 1 aromatic heterocycles. The number of benzene rings is 1. The summed E-state index contributed by atoms with van der Waals surface area (Å²) in [6.45, 7) is 0.0974. The second kappa shape index (κ2) is 5.53. The lowest BCUT2D eigenvalue weighted by molar-refractivity contribution is -0.141. The molecule has 1 amide bonds. The van der Waals surface area contributed by atoms with Gasteiger partial charge in [0.2, 0.25) is 5.91 Å². The molecule has 0 aliphatic carbocycles. The van der Waals surface area contributed by atoms with Crippen LogP contribution in [0.3, 0.4) is 0 Å². The number of alkyl halides is 3. The van der Waals surface area contributed by atoms with Crippen molar-refractivity contribution in [3.05, 3.63) is 53.3 Å². The highest BCUT2D eigenvalue weighted by Crippen LogP contribution is 2.29. The first-order chi connectivity index (χ1) is 9.82. The second-order valence-electron chi connectivity index (χ2n) is 4.37. The molecule has 0 saturated carbocycles. The van der Waals surface area contributed by atoms with Gasteiger partial charge in [0.25, 0.3) is 0 Å². The van der Waals surface area contributed by atoms with Gasteiger partial charge in [0.05, 0.1) is 0 Å². The molecule has 7 heteroatoms. The van der Waals surface area contributed by atoms with Crippen LogP contribution in [0.25, 0.3) is 11.1 Å².